The second-order valence-corrected chi connectivity index (χ2v) is 5.53. The molecule has 0 bridgehead atoms. The Labute approximate surface area is 133 Å². The van der Waals surface area contributed by atoms with Crippen molar-refractivity contribution in [3.8, 4) is 11.4 Å². The van der Waals surface area contributed by atoms with Crippen molar-refractivity contribution in [2.24, 2.45) is 0 Å². The summed E-state index contributed by atoms with van der Waals surface area (Å²) in [6.07, 6.45) is -0.200. The number of fused-ring (bicyclic) bond motifs is 1. The van der Waals surface area contributed by atoms with Crippen LogP contribution in [0, 0.1) is 5.82 Å². The highest BCUT2D eigenvalue weighted by Crippen LogP contribution is 2.26. The predicted octanol–water partition coefficient (Wildman–Crippen LogP) is 3.79. The number of imidazole rings is 1. The third-order valence-electron chi connectivity index (χ3n) is 3.42. The van der Waals surface area contributed by atoms with Gasteiger partial charge < -0.3 is 9.30 Å². The van der Waals surface area contributed by atoms with Crippen molar-refractivity contribution >= 4 is 17.0 Å². The molecule has 0 fully saturated rings. The van der Waals surface area contributed by atoms with Gasteiger partial charge in [0.2, 0.25) is 0 Å². The molecular weight excluding hydrogens is 295 g/mol. The van der Waals surface area contributed by atoms with Crippen LogP contribution in [0.4, 0.5) is 4.39 Å². The van der Waals surface area contributed by atoms with Gasteiger partial charge in [-0.1, -0.05) is 24.3 Å². The predicted molar refractivity (Wildman–Crippen MR) is 86.4 cm³/mol. The van der Waals surface area contributed by atoms with Gasteiger partial charge in [0.05, 0.1) is 22.7 Å². The van der Waals surface area contributed by atoms with E-state index >= 15 is 0 Å². The number of esters is 1. The Morgan fingerprint density at radius 3 is 2.61 bits per heavy atom. The standard InChI is InChI=1S/C18H17FN2O2/c1-12(2)23-17(22)11-21-16-10-6-5-9-15(16)20-18(21)13-7-3-4-8-14(13)19/h3-10,12H,11H2,1-2H3. The number of hydrogen-bond donors (Lipinski definition) is 0. The summed E-state index contributed by atoms with van der Waals surface area (Å²) in [6.45, 7) is 3.58. The van der Waals surface area contributed by atoms with Crippen molar-refractivity contribution in [3.05, 3.63) is 54.3 Å². The first kappa shape index (κ1) is 15.2. The maximum absolute atomic E-state index is 14.2. The lowest BCUT2D eigenvalue weighted by Gasteiger charge is -2.11. The molecule has 0 spiro atoms. The summed E-state index contributed by atoms with van der Waals surface area (Å²) >= 11 is 0. The van der Waals surface area contributed by atoms with Crippen LogP contribution < -0.4 is 0 Å². The van der Waals surface area contributed by atoms with E-state index in [4.69, 9.17) is 4.74 Å². The number of carbonyl (C=O) groups excluding carboxylic acids is 1. The molecule has 0 unspecified atom stereocenters. The number of hydrogen-bond acceptors (Lipinski definition) is 3. The number of rotatable bonds is 4. The van der Waals surface area contributed by atoms with Gasteiger partial charge in [-0.25, -0.2) is 9.37 Å². The molecule has 0 aliphatic rings. The van der Waals surface area contributed by atoms with Crippen LogP contribution in [0.1, 0.15) is 13.8 Å². The van der Waals surface area contributed by atoms with Crippen LogP contribution >= 0.6 is 0 Å². The molecule has 3 rings (SSSR count). The fraction of sp³-hybridized carbons (Fsp3) is 0.222. The summed E-state index contributed by atoms with van der Waals surface area (Å²) in [5, 5.41) is 0. The van der Waals surface area contributed by atoms with Gasteiger partial charge in [-0.3, -0.25) is 4.79 Å². The lowest BCUT2D eigenvalue weighted by molar-refractivity contribution is -0.147. The number of ether oxygens (including phenoxy) is 1. The highest BCUT2D eigenvalue weighted by Gasteiger charge is 2.18. The quantitative estimate of drug-likeness (QED) is 0.688. The number of halogens is 1. The molecule has 0 aliphatic heterocycles. The Kier molecular flexibility index (Phi) is 4.10. The first-order chi connectivity index (χ1) is 11.1. The van der Waals surface area contributed by atoms with Gasteiger partial charge in [-0.05, 0) is 38.1 Å². The molecular formula is C18H17FN2O2. The molecule has 0 N–H and O–H groups in total. The van der Waals surface area contributed by atoms with Gasteiger partial charge >= 0.3 is 5.97 Å². The van der Waals surface area contributed by atoms with E-state index in [0.717, 1.165) is 5.52 Å². The molecule has 0 aliphatic carbocycles. The summed E-state index contributed by atoms with van der Waals surface area (Å²) in [5.74, 6) is -0.327. The molecule has 0 atom stereocenters. The molecule has 1 heterocycles. The molecule has 3 aromatic rings. The SMILES string of the molecule is CC(C)OC(=O)Cn1c(-c2ccccc2F)nc2ccccc21. The normalized spacial score (nSPS) is 11.1. The molecule has 0 saturated heterocycles. The largest absolute Gasteiger partial charge is 0.462 e. The summed E-state index contributed by atoms with van der Waals surface area (Å²) in [5.41, 5.74) is 1.84. The molecule has 0 amide bonds. The molecule has 2 aromatic carbocycles. The van der Waals surface area contributed by atoms with Crippen LogP contribution in [0.15, 0.2) is 48.5 Å². The molecule has 0 saturated carbocycles. The summed E-state index contributed by atoms with van der Waals surface area (Å²) in [6, 6.07) is 13.8. The number of aromatic nitrogens is 2. The van der Waals surface area contributed by atoms with Crippen molar-refractivity contribution in [1.29, 1.82) is 0 Å². The zero-order chi connectivity index (χ0) is 16.4. The van der Waals surface area contributed by atoms with Crippen LogP contribution in [0.5, 0.6) is 0 Å². The number of para-hydroxylation sites is 2. The van der Waals surface area contributed by atoms with Gasteiger partial charge in [0.1, 0.15) is 18.2 Å². The van der Waals surface area contributed by atoms with E-state index in [2.05, 4.69) is 4.98 Å². The average Bonchev–Trinajstić information content (AvgIpc) is 2.85. The van der Waals surface area contributed by atoms with Crippen molar-refractivity contribution in [2.45, 2.75) is 26.5 Å². The Morgan fingerprint density at radius 1 is 1.17 bits per heavy atom. The van der Waals surface area contributed by atoms with E-state index < -0.39 is 0 Å². The molecule has 5 heteroatoms. The third-order valence-corrected chi connectivity index (χ3v) is 3.42. The summed E-state index contributed by atoms with van der Waals surface area (Å²) in [4.78, 5) is 16.6. The van der Waals surface area contributed by atoms with Crippen LogP contribution in [0.3, 0.4) is 0 Å². The topological polar surface area (TPSA) is 44.1 Å². The second-order valence-electron chi connectivity index (χ2n) is 5.53. The second kappa shape index (κ2) is 6.20. The molecule has 1 aromatic heterocycles. The molecule has 0 radical (unpaired) electrons. The van der Waals surface area contributed by atoms with E-state index in [-0.39, 0.29) is 24.4 Å². The van der Waals surface area contributed by atoms with E-state index in [1.807, 2.05) is 24.3 Å². The minimum atomic E-state index is -0.374. The average molecular weight is 312 g/mol. The Bertz CT molecular complexity index is 855. The Morgan fingerprint density at radius 2 is 1.87 bits per heavy atom. The first-order valence-corrected chi connectivity index (χ1v) is 7.46. The number of carbonyl (C=O) groups is 1. The fourth-order valence-corrected chi connectivity index (χ4v) is 2.51. The monoisotopic (exact) mass is 312 g/mol. The van der Waals surface area contributed by atoms with Gasteiger partial charge in [0.25, 0.3) is 0 Å². The fourth-order valence-electron chi connectivity index (χ4n) is 2.51. The lowest BCUT2D eigenvalue weighted by atomic mass is 10.2. The number of benzene rings is 2. The molecule has 118 valence electrons. The van der Waals surface area contributed by atoms with Gasteiger partial charge in [0.15, 0.2) is 0 Å². The maximum Gasteiger partial charge on any atom is 0.326 e. The zero-order valence-corrected chi connectivity index (χ0v) is 13.0. The summed E-state index contributed by atoms with van der Waals surface area (Å²) < 4.78 is 21.1. The van der Waals surface area contributed by atoms with Gasteiger partial charge in [-0.15, -0.1) is 0 Å². The van der Waals surface area contributed by atoms with E-state index in [1.165, 1.54) is 6.07 Å². The first-order valence-electron chi connectivity index (χ1n) is 7.46. The van der Waals surface area contributed by atoms with E-state index in [1.54, 1.807) is 36.6 Å². The van der Waals surface area contributed by atoms with Crippen molar-refractivity contribution < 1.29 is 13.9 Å². The van der Waals surface area contributed by atoms with Crippen LogP contribution in [0.25, 0.3) is 22.4 Å². The van der Waals surface area contributed by atoms with Crippen LogP contribution in [0.2, 0.25) is 0 Å². The van der Waals surface area contributed by atoms with Crippen molar-refractivity contribution in [1.82, 2.24) is 9.55 Å². The molecule has 4 nitrogen and oxygen atoms in total. The van der Waals surface area contributed by atoms with E-state index in [9.17, 15) is 9.18 Å². The maximum atomic E-state index is 14.2. The van der Waals surface area contributed by atoms with Crippen molar-refractivity contribution in [2.75, 3.05) is 0 Å². The minimum absolute atomic E-state index is 0.0115. The van der Waals surface area contributed by atoms with Crippen molar-refractivity contribution in [3.63, 3.8) is 0 Å². The highest BCUT2D eigenvalue weighted by atomic mass is 19.1. The Hall–Kier alpha value is -2.69. The minimum Gasteiger partial charge on any atom is -0.462 e. The summed E-state index contributed by atoms with van der Waals surface area (Å²) in [7, 11) is 0. The zero-order valence-electron chi connectivity index (χ0n) is 13.0. The number of nitrogens with zero attached hydrogens (tertiary/aromatic N) is 2. The highest BCUT2D eigenvalue weighted by molar-refractivity contribution is 5.83. The van der Waals surface area contributed by atoms with Gasteiger partial charge in [0, 0.05) is 0 Å². The van der Waals surface area contributed by atoms with Crippen LogP contribution in [-0.2, 0) is 16.1 Å². The van der Waals surface area contributed by atoms with Gasteiger partial charge in [-0.2, -0.15) is 0 Å². The van der Waals surface area contributed by atoms with E-state index in [0.29, 0.717) is 16.9 Å². The lowest BCUT2D eigenvalue weighted by Crippen LogP contribution is -2.18. The molecule has 23 heavy (non-hydrogen) atoms. The van der Waals surface area contributed by atoms with Crippen LogP contribution in [-0.4, -0.2) is 21.6 Å². The Balaban J connectivity index is 2.12. The smallest absolute Gasteiger partial charge is 0.326 e. The third kappa shape index (κ3) is 3.08.